The van der Waals surface area contributed by atoms with Gasteiger partial charge in [0.25, 0.3) is 0 Å². The number of hydrogen-bond donors (Lipinski definition) is 1. The first-order chi connectivity index (χ1) is 10.8. The van der Waals surface area contributed by atoms with Crippen molar-refractivity contribution >= 4 is 27.7 Å². The number of rotatable bonds is 4. The van der Waals surface area contributed by atoms with Crippen LogP contribution in [-0.4, -0.2) is 54.9 Å². The van der Waals surface area contributed by atoms with Crippen LogP contribution in [0.25, 0.3) is 0 Å². The molecule has 1 aliphatic heterocycles. The van der Waals surface area contributed by atoms with Gasteiger partial charge in [-0.15, -0.1) is 0 Å². The molecule has 1 fully saturated rings. The molecule has 1 amide bonds. The van der Waals surface area contributed by atoms with Gasteiger partial charge in [0, 0.05) is 26.2 Å². The van der Waals surface area contributed by atoms with Gasteiger partial charge in [0.15, 0.2) is 0 Å². The predicted molar refractivity (Wildman–Crippen MR) is 84.9 cm³/mol. The lowest BCUT2D eigenvalue weighted by molar-refractivity contribution is 0.0966. The summed E-state index contributed by atoms with van der Waals surface area (Å²) < 4.78 is 34.0. The number of carbonyl (C=O) groups is 1. The number of sulfonamides is 1. The Hall–Kier alpha value is -1.32. The maximum Gasteiger partial charge on any atom is 0.409 e. The van der Waals surface area contributed by atoms with Gasteiger partial charge in [-0.2, -0.15) is 5.10 Å². The van der Waals surface area contributed by atoms with Crippen LogP contribution >= 0.6 is 11.6 Å². The minimum Gasteiger partial charge on any atom is -0.450 e. The van der Waals surface area contributed by atoms with Crippen molar-refractivity contribution < 1.29 is 17.9 Å². The van der Waals surface area contributed by atoms with Crippen LogP contribution in [0.2, 0.25) is 5.15 Å². The molecule has 0 bridgehead atoms. The van der Waals surface area contributed by atoms with Gasteiger partial charge < -0.3 is 9.64 Å². The molecule has 1 N–H and O–H groups in total. The molecule has 0 radical (unpaired) electrons. The van der Waals surface area contributed by atoms with Crippen LogP contribution in [0.4, 0.5) is 4.79 Å². The van der Waals surface area contributed by atoms with E-state index < -0.39 is 10.0 Å². The summed E-state index contributed by atoms with van der Waals surface area (Å²) in [6, 6.07) is -0.249. The van der Waals surface area contributed by atoms with Crippen LogP contribution in [0, 0.1) is 6.92 Å². The summed E-state index contributed by atoms with van der Waals surface area (Å²) in [4.78, 5) is 13.2. The third-order valence-corrected chi connectivity index (χ3v) is 5.93. The number of carbonyl (C=O) groups excluding carboxylic acids is 1. The highest BCUT2D eigenvalue weighted by Crippen LogP contribution is 2.25. The zero-order valence-corrected chi connectivity index (χ0v) is 14.9. The molecule has 0 atom stereocenters. The van der Waals surface area contributed by atoms with Crippen molar-refractivity contribution in [1.29, 1.82) is 0 Å². The molecule has 0 saturated carbocycles. The van der Waals surface area contributed by atoms with E-state index in [0.717, 1.165) is 0 Å². The average molecular weight is 365 g/mol. The van der Waals surface area contributed by atoms with Gasteiger partial charge >= 0.3 is 6.09 Å². The Morgan fingerprint density at radius 1 is 1.43 bits per heavy atom. The van der Waals surface area contributed by atoms with Crippen molar-refractivity contribution in [3.8, 4) is 0 Å². The highest BCUT2D eigenvalue weighted by atomic mass is 35.5. The fourth-order valence-corrected chi connectivity index (χ4v) is 4.64. The van der Waals surface area contributed by atoms with Crippen LogP contribution < -0.4 is 4.72 Å². The molecule has 0 spiro atoms. The first kappa shape index (κ1) is 18.0. The molecule has 10 heteroatoms. The minimum atomic E-state index is -3.75. The molecule has 0 aliphatic carbocycles. The number of hydrogen-bond acceptors (Lipinski definition) is 5. The van der Waals surface area contributed by atoms with Crippen molar-refractivity contribution in [2.45, 2.75) is 37.6 Å². The van der Waals surface area contributed by atoms with E-state index in [-0.39, 0.29) is 22.2 Å². The van der Waals surface area contributed by atoms with Crippen LogP contribution in [-0.2, 0) is 21.8 Å². The van der Waals surface area contributed by atoms with Crippen molar-refractivity contribution in [2.24, 2.45) is 7.05 Å². The third-order valence-electron chi connectivity index (χ3n) is 3.71. The van der Waals surface area contributed by atoms with Crippen molar-refractivity contribution in [3.63, 3.8) is 0 Å². The highest BCUT2D eigenvalue weighted by molar-refractivity contribution is 7.89. The van der Waals surface area contributed by atoms with E-state index >= 15 is 0 Å². The molecule has 8 nitrogen and oxygen atoms in total. The summed E-state index contributed by atoms with van der Waals surface area (Å²) >= 11 is 6.03. The van der Waals surface area contributed by atoms with Gasteiger partial charge in [-0.05, 0) is 26.7 Å². The van der Waals surface area contributed by atoms with E-state index in [1.165, 1.54) is 4.68 Å². The summed E-state index contributed by atoms with van der Waals surface area (Å²) in [5.41, 5.74) is 0.356. The Balaban J connectivity index is 2.02. The number of halogens is 1. The van der Waals surface area contributed by atoms with E-state index in [1.54, 1.807) is 25.8 Å². The highest BCUT2D eigenvalue weighted by Gasteiger charge is 2.30. The van der Waals surface area contributed by atoms with E-state index in [0.29, 0.717) is 38.2 Å². The molecule has 1 aromatic rings. The second-order valence-corrected chi connectivity index (χ2v) is 7.42. The third kappa shape index (κ3) is 3.96. The maximum atomic E-state index is 12.5. The van der Waals surface area contributed by atoms with Crippen molar-refractivity contribution in [3.05, 3.63) is 10.8 Å². The van der Waals surface area contributed by atoms with E-state index in [9.17, 15) is 13.2 Å². The fraction of sp³-hybridized carbons (Fsp3) is 0.692. The average Bonchev–Trinajstić information content (AvgIpc) is 2.73. The fourth-order valence-electron chi connectivity index (χ4n) is 2.59. The summed E-state index contributed by atoms with van der Waals surface area (Å²) in [6.07, 6.45) is 0.684. The quantitative estimate of drug-likeness (QED) is 0.868. The Morgan fingerprint density at radius 3 is 2.52 bits per heavy atom. The monoisotopic (exact) mass is 364 g/mol. The maximum absolute atomic E-state index is 12.5. The first-order valence-electron chi connectivity index (χ1n) is 7.39. The van der Waals surface area contributed by atoms with Gasteiger partial charge in [-0.25, -0.2) is 17.9 Å². The topological polar surface area (TPSA) is 93.5 Å². The van der Waals surface area contributed by atoms with Crippen LogP contribution in [0.5, 0.6) is 0 Å². The predicted octanol–water partition coefficient (Wildman–Crippen LogP) is 1.28. The molecule has 0 unspecified atom stereocenters. The van der Waals surface area contributed by atoms with E-state index in [4.69, 9.17) is 16.3 Å². The Bertz CT molecular complexity index is 680. The Labute approximate surface area is 140 Å². The van der Waals surface area contributed by atoms with Crippen LogP contribution in [0.1, 0.15) is 25.5 Å². The summed E-state index contributed by atoms with van der Waals surface area (Å²) in [5.74, 6) is 0. The SMILES string of the molecule is CCOC(=O)N1CCC(NS(=O)(=O)c2c(C)nn(C)c2Cl)CC1. The molecule has 1 saturated heterocycles. The Kier molecular flexibility index (Phi) is 5.53. The number of amides is 1. The zero-order valence-electron chi connectivity index (χ0n) is 13.4. The van der Waals surface area contributed by atoms with Crippen LogP contribution in [0.15, 0.2) is 4.90 Å². The minimum absolute atomic E-state index is 0.00879. The second-order valence-electron chi connectivity index (χ2n) is 5.41. The normalized spacial score (nSPS) is 16.6. The number of aromatic nitrogens is 2. The van der Waals surface area contributed by atoms with Gasteiger partial charge in [-0.1, -0.05) is 11.6 Å². The number of nitrogens with one attached hydrogen (secondary N) is 1. The van der Waals surface area contributed by atoms with Crippen molar-refractivity contribution in [2.75, 3.05) is 19.7 Å². The second kappa shape index (κ2) is 7.06. The molecule has 1 aromatic heterocycles. The van der Waals surface area contributed by atoms with Gasteiger partial charge in [0.1, 0.15) is 10.0 Å². The van der Waals surface area contributed by atoms with Crippen molar-refractivity contribution in [1.82, 2.24) is 19.4 Å². The molecule has 2 heterocycles. The lowest BCUT2D eigenvalue weighted by Gasteiger charge is -2.31. The van der Waals surface area contributed by atoms with Crippen LogP contribution in [0.3, 0.4) is 0 Å². The molecule has 23 heavy (non-hydrogen) atoms. The summed E-state index contributed by atoms with van der Waals surface area (Å²) in [7, 11) is -2.16. The molecule has 0 aromatic carbocycles. The van der Waals surface area contributed by atoms with Gasteiger partial charge in [-0.3, -0.25) is 4.68 Å². The summed E-state index contributed by atoms with van der Waals surface area (Å²) in [6.45, 7) is 4.57. The molecule has 1 aliphatic rings. The number of nitrogens with zero attached hydrogens (tertiary/aromatic N) is 3. The number of aryl methyl sites for hydroxylation is 2. The lowest BCUT2D eigenvalue weighted by atomic mass is 10.1. The smallest absolute Gasteiger partial charge is 0.409 e. The lowest BCUT2D eigenvalue weighted by Crippen LogP contribution is -2.46. The molecule has 130 valence electrons. The number of likely N-dealkylation sites (tertiary alicyclic amines) is 1. The van der Waals surface area contributed by atoms with Gasteiger partial charge in [0.2, 0.25) is 10.0 Å². The molecular formula is C13H21ClN4O4S. The molecular weight excluding hydrogens is 344 g/mol. The first-order valence-corrected chi connectivity index (χ1v) is 9.25. The Morgan fingerprint density at radius 2 is 2.04 bits per heavy atom. The number of ether oxygens (including phenoxy) is 1. The van der Waals surface area contributed by atoms with Gasteiger partial charge in [0.05, 0.1) is 12.3 Å². The summed E-state index contributed by atoms with van der Waals surface area (Å²) in [5, 5.41) is 4.10. The zero-order chi connectivity index (χ0) is 17.2. The molecule has 2 rings (SSSR count). The number of piperidine rings is 1. The van der Waals surface area contributed by atoms with E-state index in [2.05, 4.69) is 9.82 Å². The standard InChI is InChI=1S/C13H21ClN4O4S/c1-4-22-13(19)18-7-5-10(6-8-18)16-23(20,21)11-9(2)15-17(3)12(11)14/h10,16H,4-8H2,1-3H3. The van der Waals surface area contributed by atoms with E-state index in [1.807, 2.05) is 0 Å². The largest absolute Gasteiger partial charge is 0.450 e.